The highest BCUT2D eigenvalue weighted by molar-refractivity contribution is 5.74. The molecule has 1 aliphatic rings. The number of hydrogen-bond acceptors (Lipinski definition) is 3. The summed E-state index contributed by atoms with van der Waals surface area (Å²) in [4.78, 5) is 18.4. The zero-order chi connectivity index (χ0) is 13.5. The molecule has 0 aromatic heterocycles. The second-order valence-corrected chi connectivity index (χ2v) is 5.51. The number of hydrogen-bond donors (Lipinski definition) is 1. The minimum Gasteiger partial charge on any atom is -0.337 e. The van der Waals surface area contributed by atoms with Crippen molar-refractivity contribution in [2.75, 3.05) is 53.4 Å². The number of urea groups is 1. The molecule has 0 aromatic rings. The van der Waals surface area contributed by atoms with E-state index >= 15 is 0 Å². The van der Waals surface area contributed by atoms with Crippen LogP contribution in [0, 0.1) is 0 Å². The zero-order valence-electron chi connectivity index (χ0n) is 12.3. The first-order chi connectivity index (χ1) is 8.50. The van der Waals surface area contributed by atoms with Crippen LogP contribution in [0.1, 0.15) is 20.3 Å². The number of amides is 2. The molecule has 1 saturated heterocycles. The van der Waals surface area contributed by atoms with Crippen LogP contribution in [0.2, 0.25) is 0 Å². The average molecular weight is 256 g/mol. The summed E-state index contributed by atoms with van der Waals surface area (Å²) < 4.78 is 0. The molecule has 1 rings (SSSR count). The third-order valence-corrected chi connectivity index (χ3v) is 3.38. The molecule has 0 radical (unpaired) electrons. The predicted octanol–water partition coefficient (Wildman–Crippen LogP) is 0.674. The van der Waals surface area contributed by atoms with Gasteiger partial charge in [0.2, 0.25) is 0 Å². The monoisotopic (exact) mass is 256 g/mol. The van der Waals surface area contributed by atoms with Crippen molar-refractivity contribution in [3.63, 3.8) is 0 Å². The second kappa shape index (κ2) is 7.59. The lowest BCUT2D eigenvalue weighted by Crippen LogP contribution is -2.44. The molecule has 0 aromatic carbocycles. The van der Waals surface area contributed by atoms with Crippen molar-refractivity contribution in [2.24, 2.45) is 0 Å². The van der Waals surface area contributed by atoms with Gasteiger partial charge in [0.05, 0.1) is 0 Å². The Morgan fingerprint density at radius 2 is 1.94 bits per heavy atom. The topological polar surface area (TPSA) is 38.8 Å². The highest BCUT2D eigenvalue weighted by Gasteiger charge is 2.19. The molecule has 5 heteroatoms. The second-order valence-electron chi connectivity index (χ2n) is 5.51. The lowest BCUT2D eigenvalue weighted by Gasteiger charge is -2.25. The summed E-state index contributed by atoms with van der Waals surface area (Å²) in [5, 5.41) is 2.98. The smallest absolute Gasteiger partial charge is 0.317 e. The molecule has 2 amide bonds. The van der Waals surface area contributed by atoms with E-state index in [4.69, 9.17) is 0 Å². The minimum atomic E-state index is 0.0856. The molecule has 0 saturated carbocycles. The maximum Gasteiger partial charge on any atom is 0.317 e. The van der Waals surface area contributed by atoms with Crippen LogP contribution in [0.3, 0.4) is 0 Å². The van der Waals surface area contributed by atoms with Gasteiger partial charge in [-0.25, -0.2) is 4.79 Å². The van der Waals surface area contributed by atoms with Gasteiger partial charge in [-0.05, 0) is 34.4 Å². The van der Waals surface area contributed by atoms with Crippen LogP contribution in [-0.4, -0.2) is 80.1 Å². The van der Waals surface area contributed by atoms with Gasteiger partial charge in [-0.3, -0.25) is 4.90 Å². The van der Waals surface area contributed by atoms with Gasteiger partial charge < -0.3 is 15.1 Å². The Bertz CT molecular complexity index is 255. The summed E-state index contributed by atoms with van der Waals surface area (Å²) in [6, 6.07) is 0.657. The third kappa shape index (κ3) is 5.23. The minimum absolute atomic E-state index is 0.0856. The number of nitrogens with one attached hydrogen (secondary N) is 1. The molecule has 5 nitrogen and oxygen atoms in total. The van der Waals surface area contributed by atoms with Crippen molar-refractivity contribution in [3.8, 4) is 0 Å². The van der Waals surface area contributed by atoms with Crippen LogP contribution in [0.5, 0.6) is 0 Å². The molecule has 18 heavy (non-hydrogen) atoms. The van der Waals surface area contributed by atoms with E-state index in [-0.39, 0.29) is 6.03 Å². The number of rotatable bonds is 4. The van der Waals surface area contributed by atoms with E-state index in [0.717, 1.165) is 45.7 Å². The van der Waals surface area contributed by atoms with Crippen LogP contribution < -0.4 is 5.32 Å². The Balaban J connectivity index is 2.31. The molecule has 106 valence electrons. The van der Waals surface area contributed by atoms with E-state index in [2.05, 4.69) is 29.0 Å². The first-order valence-corrected chi connectivity index (χ1v) is 6.92. The standard InChI is InChI=1S/C13H28N4O/c1-12(2)16-7-5-8-17(11-10-16)13(18)14-6-9-15(3)4/h12H,5-11H2,1-4H3,(H,14,18). The van der Waals surface area contributed by atoms with Crippen LogP contribution >= 0.6 is 0 Å². The molecule has 0 atom stereocenters. The SMILES string of the molecule is CC(C)N1CCCN(C(=O)NCCN(C)C)CC1. The summed E-state index contributed by atoms with van der Waals surface area (Å²) in [5.74, 6) is 0. The summed E-state index contributed by atoms with van der Waals surface area (Å²) >= 11 is 0. The summed E-state index contributed by atoms with van der Waals surface area (Å²) in [5.41, 5.74) is 0. The van der Waals surface area contributed by atoms with Crippen molar-refractivity contribution in [1.29, 1.82) is 0 Å². The summed E-state index contributed by atoms with van der Waals surface area (Å²) in [6.07, 6.45) is 1.07. The van der Waals surface area contributed by atoms with Crippen LogP contribution in [0.4, 0.5) is 4.79 Å². The van der Waals surface area contributed by atoms with Crippen molar-refractivity contribution < 1.29 is 4.79 Å². The first kappa shape index (κ1) is 15.2. The fourth-order valence-electron chi connectivity index (χ4n) is 2.16. The molecule has 0 aliphatic carbocycles. The van der Waals surface area contributed by atoms with E-state index in [1.54, 1.807) is 0 Å². The van der Waals surface area contributed by atoms with Gasteiger partial charge in [-0.2, -0.15) is 0 Å². The van der Waals surface area contributed by atoms with Gasteiger partial charge in [-0.1, -0.05) is 0 Å². The maximum absolute atomic E-state index is 12.0. The third-order valence-electron chi connectivity index (χ3n) is 3.38. The van der Waals surface area contributed by atoms with E-state index < -0.39 is 0 Å². The van der Waals surface area contributed by atoms with Gasteiger partial charge in [0.25, 0.3) is 0 Å². The molecule has 0 bridgehead atoms. The molecule has 1 aliphatic heterocycles. The Labute approximate surface area is 111 Å². The van der Waals surface area contributed by atoms with Gasteiger partial charge >= 0.3 is 6.03 Å². The lowest BCUT2D eigenvalue weighted by atomic mass is 10.3. The molecule has 0 spiro atoms. The number of nitrogens with zero attached hydrogens (tertiary/aromatic N) is 3. The van der Waals surface area contributed by atoms with Gasteiger partial charge in [0.1, 0.15) is 0 Å². The normalized spacial score (nSPS) is 18.2. The number of likely N-dealkylation sites (N-methyl/N-ethyl adjacent to an activating group) is 1. The van der Waals surface area contributed by atoms with E-state index in [1.165, 1.54) is 0 Å². The molecule has 1 N–H and O–H groups in total. The molecular weight excluding hydrogens is 228 g/mol. The fourth-order valence-corrected chi connectivity index (χ4v) is 2.16. The van der Waals surface area contributed by atoms with Gasteiger partial charge in [-0.15, -0.1) is 0 Å². The Kier molecular flexibility index (Phi) is 6.43. The van der Waals surface area contributed by atoms with E-state index in [1.807, 2.05) is 19.0 Å². The van der Waals surface area contributed by atoms with Gasteiger partial charge in [0.15, 0.2) is 0 Å². The Hall–Kier alpha value is -0.810. The van der Waals surface area contributed by atoms with Crippen molar-refractivity contribution in [1.82, 2.24) is 20.0 Å². The highest BCUT2D eigenvalue weighted by Crippen LogP contribution is 2.06. The summed E-state index contributed by atoms with van der Waals surface area (Å²) in [6.45, 7) is 9.83. The maximum atomic E-state index is 12.0. The Morgan fingerprint density at radius 3 is 2.56 bits per heavy atom. The van der Waals surface area contributed by atoms with E-state index in [0.29, 0.717) is 6.04 Å². The van der Waals surface area contributed by atoms with Crippen molar-refractivity contribution in [2.45, 2.75) is 26.3 Å². The quantitative estimate of drug-likeness (QED) is 0.804. The number of carbonyl (C=O) groups is 1. The van der Waals surface area contributed by atoms with Gasteiger partial charge in [0, 0.05) is 45.3 Å². The van der Waals surface area contributed by atoms with Crippen LogP contribution in [0.25, 0.3) is 0 Å². The fraction of sp³-hybridized carbons (Fsp3) is 0.923. The van der Waals surface area contributed by atoms with Crippen molar-refractivity contribution in [3.05, 3.63) is 0 Å². The summed E-state index contributed by atoms with van der Waals surface area (Å²) in [7, 11) is 4.03. The Morgan fingerprint density at radius 1 is 1.22 bits per heavy atom. The molecule has 1 fully saturated rings. The van der Waals surface area contributed by atoms with Crippen LogP contribution in [0.15, 0.2) is 0 Å². The van der Waals surface area contributed by atoms with Crippen molar-refractivity contribution >= 4 is 6.03 Å². The lowest BCUT2D eigenvalue weighted by molar-refractivity contribution is 0.193. The van der Waals surface area contributed by atoms with Crippen LogP contribution in [-0.2, 0) is 0 Å². The first-order valence-electron chi connectivity index (χ1n) is 6.92. The zero-order valence-corrected chi connectivity index (χ0v) is 12.3. The molecule has 0 unspecified atom stereocenters. The van der Waals surface area contributed by atoms with E-state index in [9.17, 15) is 4.79 Å². The predicted molar refractivity (Wildman–Crippen MR) is 74.9 cm³/mol. The largest absolute Gasteiger partial charge is 0.337 e. The molecular formula is C13H28N4O. The molecule has 1 heterocycles. The highest BCUT2D eigenvalue weighted by atomic mass is 16.2. The number of carbonyl (C=O) groups excluding carboxylic acids is 1. The average Bonchev–Trinajstić information content (AvgIpc) is 2.53.